The normalized spacial score (nSPS) is 11.0. The number of aromatic nitrogens is 5. The van der Waals surface area contributed by atoms with Crippen molar-refractivity contribution in [2.45, 2.75) is 4.43 Å². The lowest BCUT2D eigenvalue weighted by Gasteiger charge is -2.11. The Bertz CT molecular complexity index is 1440. The molecule has 2 N–H and O–H groups in total. The van der Waals surface area contributed by atoms with Crippen LogP contribution in [0.25, 0.3) is 33.5 Å². The summed E-state index contributed by atoms with van der Waals surface area (Å²) in [5, 5.41) is 12.5. The van der Waals surface area contributed by atoms with Crippen molar-refractivity contribution in [2.24, 2.45) is 0 Å². The lowest BCUT2D eigenvalue weighted by molar-refractivity contribution is 0.415. The van der Waals surface area contributed by atoms with E-state index in [1.807, 2.05) is 54.6 Å². The third-order valence-corrected chi connectivity index (χ3v) is 6.30. The van der Waals surface area contributed by atoms with Gasteiger partial charge in [-0.1, -0.05) is 46.3 Å². The minimum atomic E-state index is 0.574. The van der Waals surface area contributed by atoms with Crippen molar-refractivity contribution in [1.29, 1.82) is 0 Å². The molecule has 0 amide bonds. The summed E-state index contributed by atoms with van der Waals surface area (Å²) in [5.41, 5.74) is 4.46. The summed E-state index contributed by atoms with van der Waals surface area (Å²) >= 11 is 8.70. The highest BCUT2D eigenvalue weighted by Gasteiger charge is 2.14. The fourth-order valence-electron chi connectivity index (χ4n) is 3.54. The molecule has 5 rings (SSSR count). The van der Waals surface area contributed by atoms with E-state index in [0.29, 0.717) is 17.5 Å². The summed E-state index contributed by atoms with van der Waals surface area (Å²) in [4.78, 5) is 13.7. The van der Waals surface area contributed by atoms with E-state index >= 15 is 0 Å². The lowest BCUT2D eigenvalue weighted by Crippen LogP contribution is -2.00. The number of halogens is 2. The van der Waals surface area contributed by atoms with Gasteiger partial charge in [0.1, 0.15) is 17.4 Å². The van der Waals surface area contributed by atoms with Crippen LogP contribution < -0.4 is 10.1 Å². The molecule has 0 atom stereocenters. The van der Waals surface area contributed by atoms with Crippen LogP contribution in [-0.2, 0) is 4.43 Å². The zero-order valence-corrected chi connectivity index (χ0v) is 20.4. The van der Waals surface area contributed by atoms with Crippen molar-refractivity contribution in [2.75, 3.05) is 12.4 Å². The average Bonchev–Trinajstić information content (AvgIpc) is 3.32. The first-order chi connectivity index (χ1) is 16.2. The monoisotopic (exact) mass is 568 g/mol. The van der Waals surface area contributed by atoms with Crippen molar-refractivity contribution in [3.8, 4) is 28.4 Å². The standard InChI is InChI=1S/C24H18ClIN6O/c1-33-15-7-8-20-17(10-15)24(30-23(28-20)14-4-3-9-27-13-14)29-22-11-21(31-32-22)16-5-2-6-19(25)18(16)12-26/h2-11,13H,12H2,1H3,(H2,28,29,30,31,32). The highest BCUT2D eigenvalue weighted by Crippen LogP contribution is 2.33. The number of methoxy groups -OCH3 is 1. The Hall–Kier alpha value is -3.24. The molecule has 0 aliphatic rings. The number of fused-ring (bicyclic) bond motifs is 1. The number of nitrogens with zero attached hydrogens (tertiary/aromatic N) is 4. The molecule has 0 saturated heterocycles. The number of pyridine rings is 1. The molecule has 0 radical (unpaired) electrons. The van der Waals surface area contributed by atoms with E-state index in [-0.39, 0.29) is 0 Å². The number of aromatic amines is 1. The van der Waals surface area contributed by atoms with E-state index in [1.165, 1.54) is 0 Å². The Morgan fingerprint density at radius 3 is 2.79 bits per heavy atom. The van der Waals surface area contributed by atoms with E-state index in [4.69, 9.17) is 26.3 Å². The molecule has 9 heteroatoms. The summed E-state index contributed by atoms with van der Waals surface area (Å²) in [5.74, 6) is 2.63. The van der Waals surface area contributed by atoms with Crippen LogP contribution in [0.3, 0.4) is 0 Å². The SMILES string of the molecule is COc1ccc2nc(-c3cccnc3)nc(Nc3cc(-c4cccc(Cl)c4CI)n[nH]3)c2c1. The van der Waals surface area contributed by atoms with E-state index in [9.17, 15) is 0 Å². The van der Waals surface area contributed by atoms with Crippen molar-refractivity contribution < 1.29 is 4.74 Å². The van der Waals surface area contributed by atoms with Gasteiger partial charge in [0.05, 0.1) is 18.3 Å². The van der Waals surface area contributed by atoms with Gasteiger partial charge in [0.15, 0.2) is 5.82 Å². The third kappa shape index (κ3) is 4.36. The molecule has 164 valence electrons. The molecule has 0 fully saturated rings. The zero-order chi connectivity index (χ0) is 22.8. The average molecular weight is 569 g/mol. The Labute approximate surface area is 208 Å². The number of hydrogen-bond donors (Lipinski definition) is 2. The predicted molar refractivity (Wildman–Crippen MR) is 139 cm³/mol. The molecule has 0 bridgehead atoms. The molecule has 0 spiro atoms. The lowest BCUT2D eigenvalue weighted by atomic mass is 10.1. The molecule has 2 aromatic carbocycles. The molecule has 0 aliphatic heterocycles. The first-order valence-electron chi connectivity index (χ1n) is 10.1. The predicted octanol–water partition coefficient (Wildman–Crippen LogP) is 6.42. The van der Waals surface area contributed by atoms with Crippen molar-refractivity contribution in [3.63, 3.8) is 0 Å². The summed E-state index contributed by atoms with van der Waals surface area (Å²) < 4.78 is 6.20. The molecule has 5 aromatic rings. The van der Waals surface area contributed by atoms with Crippen LogP contribution in [0.4, 0.5) is 11.6 Å². The number of ether oxygens (including phenoxy) is 1. The number of rotatable bonds is 6. The smallest absolute Gasteiger partial charge is 0.163 e. The van der Waals surface area contributed by atoms with Gasteiger partial charge in [-0.25, -0.2) is 9.97 Å². The number of hydrogen-bond acceptors (Lipinski definition) is 6. The van der Waals surface area contributed by atoms with Crippen LogP contribution in [0.5, 0.6) is 5.75 Å². The topological polar surface area (TPSA) is 88.6 Å². The highest BCUT2D eigenvalue weighted by molar-refractivity contribution is 14.1. The summed E-state index contributed by atoms with van der Waals surface area (Å²) in [6.07, 6.45) is 3.47. The fourth-order valence-corrected chi connectivity index (χ4v) is 4.83. The second-order valence-corrected chi connectivity index (χ2v) is 8.38. The molecule has 0 saturated carbocycles. The molecule has 7 nitrogen and oxygen atoms in total. The second kappa shape index (κ2) is 9.32. The van der Waals surface area contributed by atoms with Gasteiger partial charge in [0.2, 0.25) is 0 Å². The molecule has 33 heavy (non-hydrogen) atoms. The quantitative estimate of drug-likeness (QED) is 0.181. The number of anilines is 2. The van der Waals surface area contributed by atoms with Gasteiger partial charge >= 0.3 is 0 Å². The third-order valence-electron chi connectivity index (χ3n) is 5.18. The molecular formula is C24H18ClIN6O. The Kier molecular flexibility index (Phi) is 6.10. The maximum absolute atomic E-state index is 6.39. The molecule has 0 unspecified atom stereocenters. The number of alkyl halides is 1. The second-order valence-electron chi connectivity index (χ2n) is 7.21. The molecule has 0 aliphatic carbocycles. The number of nitrogens with one attached hydrogen (secondary N) is 2. The molecule has 3 heterocycles. The van der Waals surface area contributed by atoms with E-state index in [2.05, 4.69) is 43.1 Å². The Balaban J connectivity index is 1.58. The van der Waals surface area contributed by atoms with E-state index < -0.39 is 0 Å². The van der Waals surface area contributed by atoms with Gasteiger partial charge < -0.3 is 10.1 Å². The van der Waals surface area contributed by atoms with Crippen molar-refractivity contribution in [1.82, 2.24) is 25.1 Å². The molecular weight excluding hydrogens is 551 g/mol. The van der Waals surface area contributed by atoms with Gasteiger partial charge in [-0.2, -0.15) is 5.10 Å². The summed E-state index contributed by atoms with van der Waals surface area (Å²) in [6, 6.07) is 17.3. The largest absolute Gasteiger partial charge is 0.497 e. The van der Waals surface area contributed by atoms with Crippen molar-refractivity contribution >= 4 is 56.7 Å². The van der Waals surface area contributed by atoms with Gasteiger partial charge in [-0.15, -0.1) is 0 Å². The first kappa shape index (κ1) is 21.6. The molecule has 3 aromatic heterocycles. The van der Waals surface area contributed by atoms with Crippen LogP contribution in [0.1, 0.15) is 5.56 Å². The van der Waals surface area contributed by atoms with Crippen LogP contribution in [0, 0.1) is 0 Å². The maximum Gasteiger partial charge on any atom is 0.163 e. The van der Waals surface area contributed by atoms with Gasteiger partial charge in [-0.3, -0.25) is 10.1 Å². The van der Waals surface area contributed by atoms with Crippen LogP contribution in [-0.4, -0.2) is 32.3 Å². The van der Waals surface area contributed by atoms with E-state index in [0.717, 1.165) is 48.5 Å². The summed E-state index contributed by atoms with van der Waals surface area (Å²) in [7, 11) is 1.63. The number of benzene rings is 2. The fraction of sp³-hybridized carbons (Fsp3) is 0.0833. The minimum Gasteiger partial charge on any atom is -0.497 e. The Morgan fingerprint density at radius 2 is 2.00 bits per heavy atom. The van der Waals surface area contributed by atoms with Crippen molar-refractivity contribution in [3.05, 3.63) is 77.6 Å². The summed E-state index contributed by atoms with van der Waals surface area (Å²) in [6.45, 7) is 0. The maximum atomic E-state index is 6.39. The zero-order valence-electron chi connectivity index (χ0n) is 17.5. The van der Waals surface area contributed by atoms with E-state index in [1.54, 1.807) is 19.5 Å². The number of H-pyrrole nitrogens is 1. The van der Waals surface area contributed by atoms with Crippen LogP contribution in [0.2, 0.25) is 5.02 Å². The minimum absolute atomic E-state index is 0.574. The van der Waals surface area contributed by atoms with Gasteiger partial charge in [-0.05, 0) is 42.0 Å². The van der Waals surface area contributed by atoms with Crippen LogP contribution >= 0.6 is 34.2 Å². The van der Waals surface area contributed by atoms with Gasteiger partial charge in [0.25, 0.3) is 0 Å². The Morgan fingerprint density at radius 1 is 1.09 bits per heavy atom. The van der Waals surface area contributed by atoms with Gasteiger partial charge in [0, 0.05) is 44.4 Å². The highest BCUT2D eigenvalue weighted by atomic mass is 127. The first-order valence-corrected chi connectivity index (χ1v) is 12.0. The van der Waals surface area contributed by atoms with Crippen LogP contribution in [0.15, 0.2) is 67.0 Å².